The van der Waals surface area contributed by atoms with Crippen molar-refractivity contribution in [2.75, 3.05) is 0 Å². The lowest BCUT2D eigenvalue weighted by Gasteiger charge is -2.39. The number of ketones is 1. The molecule has 2 atom stereocenters. The lowest BCUT2D eigenvalue weighted by Crippen LogP contribution is -2.59. The first-order valence-electron chi connectivity index (χ1n) is 8.20. The number of aliphatic hydroxyl groups excluding tert-OH is 1. The zero-order chi connectivity index (χ0) is 19.3. The standard InChI is InChI=1S/C18H29F3O3/c1-7-9-14(10-8-2)12(5)15(11(3)4)17(24,18(19,20)21)16(23)13(6)22/h14,16,23-24H,5,7-10H2,1-4,6H3. The summed E-state index contributed by atoms with van der Waals surface area (Å²) in [6.45, 7) is 11.3. The van der Waals surface area contributed by atoms with Crippen LogP contribution in [-0.2, 0) is 4.79 Å². The summed E-state index contributed by atoms with van der Waals surface area (Å²) >= 11 is 0. The number of Topliss-reactive ketones (excluding diaryl/α,β-unsaturated/α-hetero) is 1. The second-order valence-electron chi connectivity index (χ2n) is 6.45. The summed E-state index contributed by atoms with van der Waals surface area (Å²) in [5.41, 5.74) is -3.82. The van der Waals surface area contributed by atoms with Crippen LogP contribution in [0.3, 0.4) is 0 Å². The Morgan fingerprint density at radius 3 is 1.75 bits per heavy atom. The Morgan fingerprint density at radius 2 is 1.50 bits per heavy atom. The van der Waals surface area contributed by atoms with Gasteiger partial charge in [-0.25, -0.2) is 0 Å². The smallest absolute Gasteiger partial charge is 0.382 e. The molecule has 0 rings (SSSR count). The van der Waals surface area contributed by atoms with Crippen molar-refractivity contribution in [1.82, 2.24) is 0 Å². The SMILES string of the molecule is C=C(C(=C(C)C)C(O)(C(O)C(C)=O)C(F)(F)F)C(CCC)CCC. The van der Waals surface area contributed by atoms with Crippen LogP contribution in [0.25, 0.3) is 0 Å². The molecule has 0 aromatic rings. The van der Waals surface area contributed by atoms with E-state index in [0.29, 0.717) is 12.8 Å². The molecule has 0 radical (unpaired) electrons. The van der Waals surface area contributed by atoms with E-state index >= 15 is 0 Å². The fourth-order valence-corrected chi connectivity index (χ4v) is 3.07. The minimum atomic E-state index is -5.21. The molecule has 0 aromatic carbocycles. The molecule has 0 heterocycles. The number of carbonyl (C=O) groups is 1. The molecule has 0 aliphatic heterocycles. The first-order valence-corrected chi connectivity index (χ1v) is 8.20. The highest BCUT2D eigenvalue weighted by atomic mass is 19.4. The molecule has 0 saturated carbocycles. The predicted molar refractivity (Wildman–Crippen MR) is 88.5 cm³/mol. The predicted octanol–water partition coefficient (Wildman–Crippen LogP) is 4.34. The van der Waals surface area contributed by atoms with E-state index in [9.17, 15) is 28.2 Å². The zero-order valence-corrected chi connectivity index (χ0v) is 15.1. The van der Waals surface area contributed by atoms with E-state index in [1.54, 1.807) is 0 Å². The molecule has 0 aliphatic carbocycles. The third kappa shape index (κ3) is 4.70. The highest BCUT2D eigenvalue weighted by Crippen LogP contribution is 2.45. The van der Waals surface area contributed by atoms with Crippen LogP contribution >= 0.6 is 0 Å². The van der Waals surface area contributed by atoms with Gasteiger partial charge in [0.1, 0.15) is 0 Å². The summed E-state index contributed by atoms with van der Waals surface area (Å²) in [4.78, 5) is 11.4. The van der Waals surface area contributed by atoms with Crippen molar-refractivity contribution < 1.29 is 28.2 Å². The molecule has 0 fully saturated rings. The van der Waals surface area contributed by atoms with Gasteiger partial charge < -0.3 is 10.2 Å². The maximum absolute atomic E-state index is 13.7. The molecule has 2 unspecified atom stereocenters. The molecule has 0 saturated heterocycles. The van der Waals surface area contributed by atoms with Crippen LogP contribution in [-0.4, -0.2) is 33.9 Å². The first kappa shape index (κ1) is 22.9. The summed E-state index contributed by atoms with van der Waals surface area (Å²) < 4.78 is 41.1. The summed E-state index contributed by atoms with van der Waals surface area (Å²) in [6, 6.07) is 0. The van der Waals surface area contributed by atoms with E-state index in [4.69, 9.17) is 0 Å². The Kier molecular flexibility index (Phi) is 8.39. The summed E-state index contributed by atoms with van der Waals surface area (Å²) in [5.74, 6) is -1.40. The second kappa shape index (κ2) is 8.81. The fourth-order valence-electron chi connectivity index (χ4n) is 3.07. The molecule has 6 heteroatoms. The number of rotatable bonds is 9. The number of hydrogen-bond donors (Lipinski definition) is 2. The quantitative estimate of drug-likeness (QED) is 0.608. The minimum Gasteiger partial charge on any atom is -0.382 e. The van der Waals surface area contributed by atoms with E-state index in [0.717, 1.165) is 19.8 Å². The van der Waals surface area contributed by atoms with Crippen LogP contribution in [0.5, 0.6) is 0 Å². The van der Waals surface area contributed by atoms with Gasteiger partial charge in [-0.15, -0.1) is 0 Å². The normalized spacial score (nSPS) is 15.8. The number of allylic oxidation sites excluding steroid dienone is 1. The average molecular weight is 350 g/mol. The van der Waals surface area contributed by atoms with Crippen molar-refractivity contribution in [1.29, 1.82) is 0 Å². The summed E-state index contributed by atoms with van der Waals surface area (Å²) in [7, 11) is 0. The topological polar surface area (TPSA) is 57.5 Å². The first-order chi connectivity index (χ1) is 10.9. The molecule has 0 spiro atoms. The van der Waals surface area contributed by atoms with Crippen molar-refractivity contribution in [2.24, 2.45) is 5.92 Å². The van der Waals surface area contributed by atoms with Gasteiger partial charge in [-0.3, -0.25) is 4.79 Å². The maximum Gasteiger partial charge on any atom is 0.424 e. The van der Waals surface area contributed by atoms with Gasteiger partial charge >= 0.3 is 6.18 Å². The average Bonchev–Trinajstić information content (AvgIpc) is 2.44. The highest BCUT2D eigenvalue weighted by Gasteiger charge is 2.63. The molecule has 2 N–H and O–H groups in total. The summed E-state index contributed by atoms with van der Waals surface area (Å²) in [5, 5.41) is 20.4. The number of halogens is 3. The van der Waals surface area contributed by atoms with Gasteiger partial charge in [0.25, 0.3) is 0 Å². The van der Waals surface area contributed by atoms with Crippen molar-refractivity contribution in [3.63, 3.8) is 0 Å². The van der Waals surface area contributed by atoms with Gasteiger partial charge in [-0.2, -0.15) is 13.2 Å². The van der Waals surface area contributed by atoms with Gasteiger partial charge in [-0.1, -0.05) is 38.8 Å². The lowest BCUT2D eigenvalue weighted by molar-refractivity contribution is -0.269. The van der Waals surface area contributed by atoms with Gasteiger partial charge in [0.05, 0.1) is 0 Å². The molecule has 0 aromatic heterocycles. The number of carbonyl (C=O) groups excluding carboxylic acids is 1. The van der Waals surface area contributed by atoms with Crippen molar-refractivity contribution in [3.05, 3.63) is 23.3 Å². The monoisotopic (exact) mass is 350 g/mol. The molecule has 140 valence electrons. The largest absolute Gasteiger partial charge is 0.424 e. The Morgan fingerprint density at radius 1 is 1.08 bits per heavy atom. The molecule has 0 aliphatic rings. The fraction of sp³-hybridized carbons (Fsp3) is 0.722. The molecule has 0 bridgehead atoms. The molecule has 0 amide bonds. The van der Waals surface area contributed by atoms with Crippen LogP contribution in [0.15, 0.2) is 23.3 Å². The highest BCUT2D eigenvalue weighted by molar-refractivity contribution is 5.83. The number of alkyl halides is 3. The summed E-state index contributed by atoms with van der Waals surface area (Å²) in [6.07, 6.45) is -5.07. The molecule has 3 nitrogen and oxygen atoms in total. The van der Waals surface area contributed by atoms with E-state index in [1.165, 1.54) is 13.8 Å². The van der Waals surface area contributed by atoms with Gasteiger partial charge in [0.2, 0.25) is 5.60 Å². The van der Waals surface area contributed by atoms with Crippen LogP contribution in [0.1, 0.15) is 60.3 Å². The van der Waals surface area contributed by atoms with Crippen molar-refractivity contribution in [3.8, 4) is 0 Å². The Labute approximate surface area is 142 Å². The zero-order valence-electron chi connectivity index (χ0n) is 15.1. The van der Waals surface area contributed by atoms with E-state index in [-0.39, 0.29) is 17.1 Å². The third-order valence-electron chi connectivity index (χ3n) is 4.18. The lowest BCUT2D eigenvalue weighted by atomic mass is 9.74. The van der Waals surface area contributed by atoms with Gasteiger partial charge in [0.15, 0.2) is 11.9 Å². The van der Waals surface area contributed by atoms with Crippen LogP contribution in [0.2, 0.25) is 0 Å². The van der Waals surface area contributed by atoms with Crippen LogP contribution < -0.4 is 0 Å². The van der Waals surface area contributed by atoms with E-state index < -0.39 is 29.2 Å². The van der Waals surface area contributed by atoms with Crippen LogP contribution in [0, 0.1) is 5.92 Å². The van der Waals surface area contributed by atoms with Gasteiger partial charge in [0, 0.05) is 0 Å². The van der Waals surface area contributed by atoms with Crippen molar-refractivity contribution >= 4 is 5.78 Å². The Balaban J connectivity index is 6.32. The molecule has 24 heavy (non-hydrogen) atoms. The minimum absolute atomic E-state index is 0.138. The van der Waals surface area contributed by atoms with Crippen LogP contribution in [0.4, 0.5) is 13.2 Å². The van der Waals surface area contributed by atoms with Gasteiger partial charge in [-0.05, 0) is 50.7 Å². The Bertz CT molecular complexity index is 484. The maximum atomic E-state index is 13.7. The molecular weight excluding hydrogens is 321 g/mol. The van der Waals surface area contributed by atoms with E-state index in [2.05, 4.69) is 6.58 Å². The van der Waals surface area contributed by atoms with Crippen molar-refractivity contribution in [2.45, 2.75) is 78.2 Å². The second-order valence-corrected chi connectivity index (χ2v) is 6.45. The number of hydrogen-bond acceptors (Lipinski definition) is 3. The number of aliphatic hydroxyl groups is 2. The Hall–Kier alpha value is -1.14. The van der Waals surface area contributed by atoms with E-state index in [1.807, 2.05) is 13.8 Å². The molecular formula is C18H29F3O3. The third-order valence-corrected chi connectivity index (χ3v) is 4.18.